The highest BCUT2D eigenvalue weighted by Gasteiger charge is 2.41. The van der Waals surface area contributed by atoms with Gasteiger partial charge in [-0.25, -0.2) is 0 Å². The average molecular weight is 315 g/mol. The molecule has 0 radical (unpaired) electrons. The molecule has 1 aliphatic heterocycles. The third-order valence-corrected chi connectivity index (χ3v) is 3.63. The molecular formula is C14H16F3N3O2. The van der Waals surface area contributed by atoms with E-state index in [1.165, 1.54) is 18.2 Å². The zero-order valence-corrected chi connectivity index (χ0v) is 12.0. The first kappa shape index (κ1) is 16.1. The van der Waals surface area contributed by atoms with E-state index in [9.17, 15) is 22.8 Å². The summed E-state index contributed by atoms with van der Waals surface area (Å²) in [6.07, 6.45) is -3.02. The molecule has 1 aromatic carbocycles. The third kappa shape index (κ3) is 3.15. The van der Waals surface area contributed by atoms with E-state index >= 15 is 0 Å². The Morgan fingerprint density at radius 1 is 1.23 bits per heavy atom. The molecule has 0 spiro atoms. The Hall–Kier alpha value is -2.25. The van der Waals surface area contributed by atoms with Gasteiger partial charge in [0.05, 0.1) is 5.56 Å². The first-order valence-electron chi connectivity index (χ1n) is 6.75. The van der Waals surface area contributed by atoms with Crippen LogP contribution in [0.4, 0.5) is 24.5 Å². The van der Waals surface area contributed by atoms with Crippen LogP contribution in [0.25, 0.3) is 0 Å². The Morgan fingerprint density at radius 3 is 2.32 bits per heavy atom. The molecule has 0 unspecified atom stereocenters. The summed E-state index contributed by atoms with van der Waals surface area (Å²) in [6.45, 7) is 1.52. The molecule has 8 heteroatoms. The van der Waals surface area contributed by atoms with Crippen LogP contribution in [0.5, 0.6) is 0 Å². The molecule has 1 aromatic rings. The van der Waals surface area contributed by atoms with Gasteiger partial charge >= 0.3 is 12.1 Å². The van der Waals surface area contributed by atoms with Gasteiger partial charge in [-0.1, -0.05) is 0 Å². The molecule has 0 atom stereocenters. The maximum Gasteiger partial charge on any atom is 0.471 e. The average Bonchev–Trinajstić information content (AvgIpc) is 2.98. The van der Waals surface area contributed by atoms with E-state index < -0.39 is 18.0 Å². The molecule has 5 nitrogen and oxygen atoms in total. The molecule has 120 valence electrons. The minimum absolute atomic E-state index is 0.0286. The zero-order chi connectivity index (χ0) is 16.5. The fourth-order valence-electron chi connectivity index (χ4n) is 2.47. The van der Waals surface area contributed by atoms with Crippen LogP contribution in [-0.2, 0) is 4.79 Å². The van der Waals surface area contributed by atoms with Crippen LogP contribution >= 0.6 is 0 Å². The van der Waals surface area contributed by atoms with Gasteiger partial charge in [0, 0.05) is 31.5 Å². The standard InChI is InChI=1S/C14H16F3N3O2/c1-19(13(22)14(15,16)17)9-4-5-11(10(8-9)12(18)21)20-6-2-3-7-20/h4-5,8H,2-3,6-7H2,1H3,(H2,18,21). The minimum Gasteiger partial charge on any atom is -0.371 e. The molecule has 0 aliphatic carbocycles. The fraction of sp³-hybridized carbons (Fsp3) is 0.429. The molecule has 1 fully saturated rings. The van der Waals surface area contributed by atoms with Crippen LogP contribution in [0, 0.1) is 0 Å². The number of amides is 2. The number of alkyl halides is 3. The van der Waals surface area contributed by atoms with Crippen LogP contribution in [0.15, 0.2) is 18.2 Å². The summed E-state index contributed by atoms with van der Waals surface area (Å²) in [6, 6.07) is 4.13. The van der Waals surface area contributed by atoms with Gasteiger partial charge in [-0.2, -0.15) is 13.2 Å². The number of nitrogens with two attached hydrogens (primary N) is 1. The lowest BCUT2D eigenvalue weighted by Gasteiger charge is -2.23. The maximum atomic E-state index is 12.5. The molecule has 2 rings (SSSR count). The Morgan fingerprint density at radius 2 is 1.82 bits per heavy atom. The summed E-state index contributed by atoms with van der Waals surface area (Å²) < 4.78 is 37.4. The van der Waals surface area contributed by atoms with E-state index in [0.717, 1.165) is 33.0 Å². The Balaban J connectivity index is 2.37. The summed E-state index contributed by atoms with van der Waals surface area (Å²) in [5.41, 5.74) is 5.99. The molecule has 0 bridgehead atoms. The highest BCUT2D eigenvalue weighted by molar-refractivity contribution is 6.02. The van der Waals surface area contributed by atoms with Gasteiger partial charge in [0.2, 0.25) is 0 Å². The number of benzene rings is 1. The van der Waals surface area contributed by atoms with E-state index in [4.69, 9.17) is 5.73 Å². The van der Waals surface area contributed by atoms with Gasteiger partial charge < -0.3 is 15.5 Å². The summed E-state index contributed by atoms with van der Waals surface area (Å²) in [4.78, 5) is 25.3. The number of halogens is 3. The van der Waals surface area contributed by atoms with Crippen molar-refractivity contribution >= 4 is 23.2 Å². The molecule has 0 saturated carbocycles. The lowest BCUT2D eigenvalue weighted by atomic mass is 10.1. The second-order valence-electron chi connectivity index (χ2n) is 5.12. The molecule has 1 aliphatic rings. The van der Waals surface area contributed by atoms with Gasteiger partial charge in [0.15, 0.2) is 0 Å². The largest absolute Gasteiger partial charge is 0.471 e. The number of anilines is 2. The SMILES string of the molecule is CN(C(=O)C(F)(F)F)c1ccc(N2CCCC2)c(C(N)=O)c1. The number of carbonyl (C=O) groups excluding carboxylic acids is 2. The third-order valence-electron chi connectivity index (χ3n) is 3.63. The van der Waals surface area contributed by atoms with E-state index in [2.05, 4.69) is 0 Å². The number of carbonyl (C=O) groups is 2. The lowest BCUT2D eigenvalue weighted by Crippen LogP contribution is -2.38. The quantitative estimate of drug-likeness (QED) is 0.926. The van der Waals surface area contributed by atoms with Crippen molar-refractivity contribution in [1.82, 2.24) is 0 Å². The predicted octanol–water partition coefficient (Wildman–Crippen LogP) is 1.91. The molecule has 1 heterocycles. The summed E-state index contributed by atoms with van der Waals surface area (Å²) in [5, 5.41) is 0. The normalized spacial score (nSPS) is 15.0. The molecule has 0 aromatic heterocycles. The molecule has 1 saturated heterocycles. The highest BCUT2D eigenvalue weighted by atomic mass is 19.4. The first-order valence-corrected chi connectivity index (χ1v) is 6.75. The Labute approximate surface area is 125 Å². The van der Waals surface area contributed by atoms with Crippen molar-refractivity contribution in [3.63, 3.8) is 0 Å². The van der Waals surface area contributed by atoms with Crippen molar-refractivity contribution in [2.45, 2.75) is 19.0 Å². The van der Waals surface area contributed by atoms with Gasteiger partial charge in [-0.3, -0.25) is 9.59 Å². The van der Waals surface area contributed by atoms with Crippen molar-refractivity contribution < 1.29 is 22.8 Å². The van der Waals surface area contributed by atoms with Crippen LogP contribution in [0.1, 0.15) is 23.2 Å². The van der Waals surface area contributed by atoms with E-state index in [1.54, 1.807) is 0 Å². The van der Waals surface area contributed by atoms with Crippen molar-refractivity contribution in [1.29, 1.82) is 0 Å². The van der Waals surface area contributed by atoms with Crippen molar-refractivity contribution in [3.8, 4) is 0 Å². The van der Waals surface area contributed by atoms with Gasteiger partial charge in [-0.05, 0) is 31.0 Å². The number of hydrogen-bond donors (Lipinski definition) is 1. The van der Waals surface area contributed by atoms with Crippen LogP contribution in [0.3, 0.4) is 0 Å². The summed E-state index contributed by atoms with van der Waals surface area (Å²) in [7, 11) is 1.01. The highest BCUT2D eigenvalue weighted by Crippen LogP contribution is 2.30. The molecular weight excluding hydrogens is 299 g/mol. The van der Waals surface area contributed by atoms with E-state index in [1.807, 2.05) is 4.90 Å². The van der Waals surface area contributed by atoms with Crippen LogP contribution in [0.2, 0.25) is 0 Å². The summed E-state index contributed by atoms with van der Waals surface area (Å²) >= 11 is 0. The fourth-order valence-corrected chi connectivity index (χ4v) is 2.47. The smallest absolute Gasteiger partial charge is 0.371 e. The second kappa shape index (κ2) is 5.86. The Bertz CT molecular complexity index is 595. The van der Waals surface area contributed by atoms with Gasteiger partial charge in [-0.15, -0.1) is 0 Å². The number of hydrogen-bond acceptors (Lipinski definition) is 3. The number of primary amides is 1. The van der Waals surface area contributed by atoms with E-state index in [0.29, 0.717) is 10.6 Å². The van der Waals surface area contributed by atoms with E-state index in [-0.39, 0.29) is 11.3 Å². The molecule has 2 amide bonds. The second-order valence-corrected chi connectivity index (χ2v) is 5.12. The maximum absolute atomic E-state index is 12.5. The minimum atomic E-state index is -4.98. The van der Waals surface area contributed by atoms with Crippen molar-refractivity contribution in [2.24, 2.45) is 5.73 Å². The molecule has 22 heavy (non-hydrogen) atoms. The summed E-state index contributed by atoms with van der Waals surface area (Å²) in [5.74, 6) is -2.74. The topological polar surface area (TPSA) is 66.6 Å². The van der Waals surface area contributed by atoms with Gasteiger partial charge in [0.25, 0.3) is 5.91 Å². The van der Waals surface area contributed by atoms with Crippen molar-refractivity contribution in [2.75, 3.05) is 29.9 Å². The van der Waals surface area contributed by atoms with Crippen LogP contribution < -0.4 is 15.5 Å². The van der Waals surface area contributed by atoms with Crippen molar-refractivity contribution in [3.05, 3.63) is 23.8 Å². The predicted molar refractivity (Wildman–Crippen MR) is 75.9 cm³/mol. The zero-order valence-electron chi connectivity index (χ0n) is 12.0. The number of nitrogens with zero attached hydrogens (tertiary/aromatic N) is 2. The Kier molecular flexibility index (Phi) is 4.30. The first-order chi connectivity index (χ1) is 10.2. The molecule has 2 N–H and O–H groups in total. The van der Waals surface area contributed by atoms with Crippen LogP contribution in [-0.4, -0.2) is 38.1 Å². The monoisotopic (exact) mass is 315 g/mol. The van der Waals surface area contributed by atoms with Gasteiger partial charge in [0.1, 0.15) is 0 Å². The number of rotatable bonds is 3. The lowest BCUT2D eigenvalue weighted by molar-refractivity contribution is -0.170.